The molecule has 0 fully saturated rings. The molecule has 0 saturated heterocycles. The maximum Gasteiger partial charge on any atom is 1.00 e. The minimum absolute atomic E-state index is 0. The summed E-state index contributed by atoms with van der Waals surface area (Å²) in [6.07, 6.45) is 13.9. The summed E-state index contributed by atoms with van der Waals surface area (Å²) in [5, 5.41) is 7.32. The number of hydrogen-bond donors (Lipinski definition) is 5. The maximum atomic E-state index is 8.88. The minimum Gasteiger partial charge on any atom is -0.412 e. The van der Waals surface area contributed by atoms with E-state index in [0.29, 0.717) is 0 Å². The zero-order valence-electron chi connectivity index (χ0n) is 16.5. The first-order valence-corrected chi connectivity index (χ1v) is 10.9. The Hall–Kier alpha value is 0.430. The second-order valence-corrected chi connectivity index (χ2v) is 6.79. The van der Waals surface area contributed by atoms with Gasteiger partial charge in [0.15, 0.2) is 0 Å². The van der Waals surface area contributed by atoms with Crippen molar-refractivity contribution >= 4 is 18.2 Å². The smallest absolute Gasteiger partial charge is 0.412 e. The molecular weight excluding hydrogens is 412 g/mol. The molecule has 0 radical (unpaired) electrons. The first-order chi connectivity index (χ1) is 11.3. The van der Waals surface area contributed by atoms with E-state index in [1.54, 1.807) is 6.07 Å². The van der Waals surface area contributed by atoms with Crippen LogP contribution in [0, 0.1) is 18.3 Å². The Kier molecular flexibility index (Phi) is 48.1. The van der Waals surface area contributed by atoms with Gasteiger partial charge in [-0.3, -0.25) is 9.11 Å². The van der Waals surface area contributed by atoms with Crippen molar-refractivity contribution in [3.63, 3.8) is 0 Å². The molecule has 0 rings (SSSR count). The van der Waals surface area contributed by atoms with Crippen molar-refractivity contribution in [1.29, 1.82) is 5.26 Å². The molecule has 0 aromatic rings. The van der Waals surface area contributed by atoms with E-state index in [1.165, 1.54) is 64.7 Å². The molecular formula is C14H35NNaO9PS. The molecule has 0 saturated carbocycles. The van der Waals surface area contributed by atoms with Crippen LogP contribution in [-0.4, -0.2) is 37.7 Å². The molecule has 0 aliphatic rings. The van der Waals surface area contributed by atoms with Crippen LogP contribution in [0.25, 0.3) is 0 Å². The molecule has 0 unspecified atom stereocenters. The van der Waals surface area contributed by atoms with Crippen molar-refractivity contribution in [2.45, 2.75) is 78.1 Å². The molecule has 0 aromatic carbocycles. The normalized spacial score (nSPS) is 9.30. The third-order valence-corrected chi connectivity index (χ3v) is 2.35. The van der Waals surface area contributed by atoms with E-state index in [9.17, 15) is 0 Å². The second-order valence-electron chi connectivity index (χ2n) is 4.87. The molecule has 0 aliphatic carbocycles. The fourth-order valence-electron chi connectivity index (χ4n) is 1.49. The van der Waals surface area contributed by atoms with Crippen molar-refractivity contribution in [3.8, 4) is 6.07 Å². The standard InChI is InChI=1S/C12H25.C2H3N.Na.H3O4P.H2O4S.H2O/c1-3-5-7-9-11-12-10-8-6-4-2;1-2-3;;2*1-5(2,3)4;/h1,3-12H2,2H3;1H3;;(H3,1,2,3,4);(H2,1,2,3,4);1H2/q-1;;+1;;;. The summed E-state index contributed by atoms with van der Waals surface area (Å²) < 4.78 is 40.5. The van der Waals surface area contributed by atoms with Gasteiger partial charge < -0.3 is 27.1 Å². The Morgan fingerprint density at radius 1 is 0.926 bits per heavy atom. The van der Waals surface area contributed by atoms with Gasteiger partial charge in [-0.1, -0.05) is 64.7 Å². The van der Waals surface area contributed by atoms with Gasteiger partial charge in [0, 0.05) is 6.92 Å². The molecule has 13 heteroatoms. The van der Waals surface area contributed by atoms with Crippen LogP contribution in [0.1, 0.15) is 78.1 Å². The van der Waals surface area contributed by atoms with Crippen LogP contribution in [-0.2, 0) is 15.0 Å². The number of nitrogens with zero attached hydrogens (tertiary/aromatic N) is 1. The molecule has 0 spiro atoms. The largest absolute Gasteiger partial charge is 1.00 e. The Labute approximate surface area is 185 Å². The van der Waals surface area contributed by atoms with Crippen molar-refractivity contribution in [2.75, 3.05) is 0 Å². The van der Waals surface area contributed by atoms with E-state index < -0.39 is 18.2 Å². The second kappa shape index (κ2) is 31.1. The monoisotopic (exact) mass is 447 g/mol. The molecule has 0 bridgehead atoms. The van der Waals surface area contributed by atoms with Gasteiger partial charge in [0.1, 0.15) is 0 Å². The van der Waals surface area contributed by atoms with Gasteiger partial charge in [-0.15, -0.1) is 0 Å². The first kappa shape index (κ1) is 41.7. The average molecular weight is 447 g/mol. The molecule has 7 N–H and O–H groups in total. The Morgan fingerprint density at radius 2 is 1.11 bits per heavy atom. The average Bonchev–Trinajstić information content (AvgIpc) is 2.39. The maximum absolute atomic E-state index is 8.88. The number of phosphoric acid groups is 1. The number of rotatable bonds is 9. The quantitative estimate of drug-likeness (QED) is 0.105. The summed E-state index contributed by atoms with van der Waals surface area (Å²) in [4.78, 5) is 21.6. The first-order valence-electron chi connectivity index (χ1n) is 7.91. The summed E-state index contributed by atoms with van der Waals surface area (Å²) in [6.45, 7) is 7.55. The van der Waals surface area contributed by atoms with Gasteiger partial charge >= 0.3 is 47.8 Å². The summed E-state index contributed by atoms with van der Waals surface area (Å²) >= 11 is 0. The van der Waals surface area contributed by atoms with Crippen LogP contribution in [0.3, 0.4) is 0 Å². The number of nitriles is 1. The topological polar surface area (TPSA) is 208 Å². The van der Waals surface area contributed by atoms with Gasteiger partial charge in [-0.05, 0) is 0 Å². The van der Waals surface area contributed by atoms with Crippen LogP contribution >= 0.6 is 7.82 Å². The predicted octanol–water partition coefficient (Wildman–Crippen LogP) is -0.131. The Morgan fingerprint density at radius 3 is 1.30 bits per heavy atom. The zero-order valence-corrected chi connectivity index (χ0v) is 20.3. The third-order valence-electron chi connectivity index (χ3n) is 2.35. The van der Waals surface area contributed by atoms with E-state index in [0.717, 1.165) is 6.42 Å². The molecule has 0 amide bonds. The van der Waals surface area contributed by atoms with Gasteiger partial charge in [0.2, 0.25) is 0 Å². The van der Waals surface area contributed by atoms with E-state index >= 15 is 0 Å². The Bertz CT molecular complexity index is 412. The molecule has 162 valence electrons. The summed E-state index contributed by atoms with van der Waals surface area (Å²) in [5.74, 6) is 0. The van der Waals surface area contributed by atoms with Crippen LogP contribution < -0.4 is 29.6 Å². The van der Waals surface area contributed by atoms with Gasteiger partial charge in [-0.2, -0.15) is 20.1 Å². The van der Waals surface area contributed by atoms with Crippen molar-refractivity contribution in [3.05, 3.63) is 6.92 Å². The molecule has 10 nitrogen and oxygen atoms in total. The SMILES string of the molecule is CC#N.O.O=P(O)(O)O.O=S(=O)(O)O.[CH2-]CCCCCCCCCCC.[Na+]. The zero-order chi connectivity index (χ0) is 20.8. The van der Waals surface area contributed by atoms with E-state index in [2.05, 4.69) is 13.8 Å². The van der Waals surface area contributed by atoms with E-state index in [1.807, 2.05) is 0 Å². The number of hydrogen-bond acceptors (Lipinski definition) is 4. The summed E-state index contributed by atoms with van der Waals surface area (Å²) in [6, 6.07) is 1.75. The van der Waals surface area contributed by atoms with Crippen LogP contribution in [0.2, 0.25) is 0 Å². The molecule has 0 aliphatic heterocycles. The summed E-state index contributed by atoms with van der Waals surface area (Å²) in [7, 11) is -9.31. The van der Waals surface area contributed by atoms with Gasteiger partial charge in [0.05, 0.1) is 6.07 Å². The van der Waals surface area contributed by atoms with Crippen molar-refractivity contribution in [2.24, 2.45) is 0 Å². The fraction of sp³-hybridized carbons (Fsp3) is 0.857. The van der Waals surface area contributed by atoms with Crippen LogP contribution in [0.5, 0.6) is 0 Å². The fourth-order valence-corrected chi connectivity index (χ4v) is 1.49. The van der Waals surface area contributed by atoms with E-state index in [-0.39, 0.29) is 35.0 Å². The third kappa shape index (κ3) is 177. The number of unbranched alkanes of at least 4 members (excludes halogenated alkanes) is 9. The van der Waals surface area contributed by atoms with Gasteiger partial charge in [-0.25, -0.2) is 4.57 Å². The van der Waals surface area contributed by atoms with E-state index in [4.69, 9.17) is 42.0 Å². The molecule has 27 heavy (non-hydrogen) atoms. The predicted molar refractivity (Wildman–Crippen MR) is 101 cm³/mol. The molecule has 0 aromatic heterocycles. The Balaban J connectivity index is -0.0000000620. The van der Waals surface area contributed by atoms with Gasteiger partial charge in [0.25, 0.3) is 0 Å². The molecule has 0 atom stereocenters. The van der Waals surface area contributed by atoms with Crippen molar-refractivity contribution in [1.82, 2.24) is 0 Å². The molecule has 0 heterocycles. The van der Waals surface area contributed by atoms with Crippen molar-refractivity contribution < 1.29 is 71.8 Å². The van der Waals surface area contributed by atoms with Crippen LogP contribution in [0.15, 0.2) is 0 Å². The minimum atomic E-state index is -4.67. The van der Waals surface area contributed by atoms with Crippen LogP contribution in [0.4, 0.5) is 0 Å². The summed E-state index contributed by atoms with van der Waals surface area (Å²) in [5.41, 5.74) is 0.